The minimum Gasteiger partial charge on any atom is -0.480 e. The molecule has 1 aliphatic rings. The van der Waals surface area contributed by atoms with Crippen molar-refractivity contribution < 1.29 is 43.7 Å². The number of hydrogen-bond acceptors (Lipinski definition) is 10. The van der Waals surface area contributed by atoms with Gasteiger partial charge in [0.05, 0.1) is 12.9 Å². The molecule has 3 rings (SSSR count). The Kier molecular flexibility index (Phi) is 5.39. The molecule has 27 heavy (non-hydrogen) atoms. The molecule has 0 aliphatic carbocycles. The summed E-state index contributed by atoms with van der Waals surface area (Å²) < 4.78 is 21.9. The van der Waals surface area contributed by atoms with E-state index in [1.165, 1.54) is 10.9 Å². The minimum absolute atomic E-state index is 0.149. The molecule has 2 aromatic rings. The quantitative estimate of drug-likeness (QED) is 0.277. The summed E-state index contributed by atoms with van der Waals surface area (Å²) in [7, 11) is -4.77. The second kappa shape index (κ2) is 7.44. The molecular formula is C12H16N5O9P. The molecule has 0 radical (unpaired) electrons. The van der Waals surface area contributed by atoms with Crippen LogP contribution in [0.1, 0.15) is 6.23 Å². The van der Waals surface area contributed by atoms with Crippen LogP contribution in [0.3, 0.4) is 0 Å². The third kappa shape index (κ3) is 4.22. The highest BCUT2D eigenvalue weighted by Crippen LogP contribution is 2.38. The number of rotatable bonds is 7. The van der Waals surface area contributed by atoms with E-state index in [1.54, 1.807) is 0 Å². The first kappa shape index (κ1) is 19.6. The van der Waals surface area contributed by atoms with E-state index in [9.17, 15) is 19.6 Å². The molecule has 0 bridgehead atoms. The summed E-state index contributed by atoms with van der Waals surface area (Å²) in [6, 6.07) is 0. The van der Waals surface area contributed by atoms with E-state index in [2.05, 4.69) is 24.8 Å². The number of phosphoric ester groups is 1. The largest absolute Gasteiger partial charge is 0.480 e. The zero-order chi connectivity index (χ0) is 19.8. The number of carbonyl (C=O) groups is 1. The van der Waals surface area contributed by atoms with Crippen molar-refractivity contribution in [2.45, 2.75) is 24.5 Å². The van der Waals surface area contributed by atoms with Gasteiger partial charge in [-0.2, -0.15) is 0 Å². The third-order valence-corrected chi connectivity index (χ3v) is 4.27. The lowest BCUT2D eigenvalue weighted by molar-refractivity contribution is -0.134. The van der Waals surface area contributed by atoms with Gasteiger partial charge in [-0.1, -0.05) is 0 Å². The maximum atomic E-state index is 10.8. The maximum Gasteiger partial charge on any atom is 0.469 e. The predicted octanol–water partition coefficient (Wildman–Crippen LogP) is -1.95. The van der Waals surface area contributed by atoms with E-state index >= 15 is 0 Å². The number of nitrogens with zero attached hydrogens (tertiary/aromatic N) is 4. The van der Waals surface area contributed by atoms with Crippen LogP contribution >= 0.6 is 7.82 Å². The van der Waals surface area contributed by atoms with Crippen molar-refractivity contribution >= 4 is 30.8 Å². The molecule has 0 spiro atoms. The number of aliphatic carboxylic acids is 1. The van der Waals surface area contributed by atoms with Crippen molar-refractivity contribution in [2.75, 3.05) is 18.5 Å². The average Bonchev–Trinajstić information content (AvgIpc) is 3.13. The number of aliphatic hydroxyl groups is 2. The Morgan fingerprint density at radius 1 is 1.30 bits per heavy atom. The lowest BCUT2D eigenvalue weighted by Crippen LogP contribution is -2.33. The van der Waals surface area contributed by atoms with Gasteiger partial charge in [-0.05, 0) is 0 Å². The Bertz CT molecular complexity index is 885. The molecule has 0 amide bonds. The zero-order valence-corrected chi connectivity index (χ0v) is 14.4. The summed E-state index contributed by atoms with van der Waals surface area (Å²) in [6.07, 6.45) is -2.92. The molecule has 1 aliphatic heterocycles. The molecule has 6 N–H and O–H groups in total. The van der Waals surface area contributed by atoms with Gasteiger partial charge >= 0.3 is 13.8 Å². The molecular weight excluding hydrogens is 389 g/mol. The molecule has 4 atom stereocenters. The monoisotopic (exact) mass is 405 g/mol. The molecule has 148 valence electrons. The molecule has 0 unspecified atom stereocenters. The van der Waals surface area contributed by atoms with Crippen molar-refractivity contribution in [3.8, 4) is 0 Å². The van der Waals surface area contributed by atoms with E-state index in [1.807, 2.05) is 0 Å². The molecule has 3 heterocycles. The first-order chi connectivity index (χ1) is 12.7. The predicted molar refractivity (Wildman–Crippen MR) is 85.4 cm³/mol. The second-order valence-electron chi connectivity index (χ2n) is 5.63. The van der Waals surface area contributed by atoms with Crippen LogP contribution in [0.2, 0.25) is 0 Å². The zero-order valence-electron chi connectivity index (χ0n) is 13.5. The maximum absolute atomic E-state index is 10.8. The lowest BCUT2D eigenvalue weighted by atomic mass is 10.1. The molecule has 1 fully saturated rings. The molecule has 0 aromatic carbocycles. The first-order valence-electron chi connectivity index (χ1n) is 7.52. The number of imidazole rings is 1. The van der Waals surface area contributed by atoms with Crippen LogP contribution in [0, 0.1) is 0 Å². The summed E-state index contributed by atoms with van der Waals surface area (Å²) >= 11 is 0. The van der Waals surface area contributed by atoms with Crippen molar-refractivity contribution in [1.82, 2.24) is 19.5 Å². The van der Waals surface area contributed by atoms with Gasteiger partial charge in [0.2, 0.25) is 0 Å². The fourth-order valence-electron chi connectivity index (χ4n) is 2.59. The fourth-order valence-corrected chi connectivity index (χ4v) is 2.94. The summed E-state index contributed by atoms with van der Waals surface area (Å²) in [6.45, 7) is -1.05. The summed E-state index contributed by atoms with van der Waals surface area (Å²) in [5, 5.41) is 31.6. The number of phosphoric acid groups is 1. The van der Waals surface area contributed by atoms with Crippen LogP contribution in [0.25, 0.3) is 11.2 Å². The Labute approximate surface area is 150 Å². The number of anilines is 1. The van der Waals surface area contributed by atoms with Crippen molar-refractivity contribution in [3.05, 3.63) is 12.7 Å². The van der Waals surface area contributed by atoms with Crippen molar-refractivity contribution in [1.29, 1.82) is 0 Å². The van der Waals surface area contributed by atoms with Crippen LogP contribution in [0.4, 0.5) is 5.82 Å². The smallest absolute Gasteiger partial charge is 0.469 e. The van der Waals surface area contributed by atoms with Crippen LogP contribution < -0.4 is 5.32 Å². The van der Waals surface area contributed by atoms with Gasteiger partial charge < -0.3 is 35.2 Å². The Balaban J connectivity index is 1.83. The topological polar surface area (TPSA) is 209 Å². The lowest BCUT2D eigenvalue weighted by Gasteiger charge is -2.16. The third-order valence-electron chi connectivity index (χ3n) is 3.78. The number of fused-ring (bicyclic) bond motifs is 1. The molecule has 0 saturated carbocycles. The number of nitrogens with one attached hydrogen (secondary N) is 1. The van der Waals surface area contributed by atoms with Gasteiger partial charge in [0, 0.05) is 0 Å². The SMILES string of the molecule is O=C(O)CNc1ncnc2c1ncn2[C@@H]1O[C@@H](COP(=O)(O)O)[C@@H](O)[C@H]1O. The van der Waals surface area contributed by atoms with E-state index in [0.29, 0.717) is 0 Å². The molecule has 14 nitrogen and oxygen atoms in total. The highest BCUT2D eigenvalue weighted by molar-refractivity contribution is 7.46. The number of carboxylic acids is 1. The molecule has 2 aromatic heterocycles. The van der Waals surface area contributed by atoms with Gasteiger partial charge in [0.1, 0.15) is 31.2 Å². The molecule has 1 saturated heterocycles. The van der Waals surface area contributed by atoms with Crippen LogP contribution in [0.5, 0.6) is 0 Å². The van der Waals surface area contributed by atoms with Gasteiger partial charge in [-0.25, -0.2) is 19.5 Å². The van der Waals surface area contributed by atoms with Gasteiger partial charge in [-0.3, -0.25) is 13.9 Å². The number of aliphatic hydroxyl groups excluding tert-OH is 2. The van der Waals surface area contributed by atoms with E-state index in [-0.39, 0.29) is 17.0 Å². The van der Waals surface area contributed by atoms with E-state index in [0.717, 1.165) is 6.33 Å². The normalized spacial score (nSPS) is 25.8. The summed E-state index contributed by atoms with van der Waals surface area (Å²) in [4.78, 5) is 40.2. The van der Waals surface area contributed by atoms with Crippen LogP contribution in [0.15, 0.2) is 12.7 Å². The van der Waals surface area contributed by atoms with Gasteiger partial charge in [-0.15, -0.1) is 0 Å². The number of aromatic nitrogens is 4. The van der Waals surface area contributed by atoms with Crippen molar-refractivity contribution in [3.63, 3.8) is 0 Å². The van der Waals surface area contributed by atoms with E-state index < -0.39 is 51.5 Å². The van der Waals surface area contributed by atoms with Gasteiger partial charge in [0.15, 0.2) is 23.2 Å². The fraction of sp³-hybridized carbons (Fsp3) is 0.500. The van der Waals surface area contributed by atoms with Crippen molar-refractivity contribution in [2.24, 2.45) is 0 Å². The van der Waals surface area contributed by atoms with E-state index in [4.69, 9.17) is 19.6 Å². The minimum atomic E-state index is -4.77. The standard InChI is InChI=1S/C12H16N5O9P/c18-6(19)1-13-10-7-11(15-3-14-10)17(4-16-7)12-9(21)8(20)5(26-12)2-25-27(22,23)24/h3-5,8-9,12,20-21H,1-2H2,(H,18,19)(H,13,14,15)(H2,22,23,24)/t5-,8+,9+,12+/m0/s1. The van der Waals surface area contributed by atoms with Crippen LogP contribution in [-0.4, -0.2) is 82.1 Å². The Morgan fingerprint density at radius 3 is 2.70 bits per heavy atom. The average molecular weight is 405 g/mol. The number of hydrogen-bond donors (Lipinski definition) is 6. The highest BCUT2D eigenvalue weighted by atomic mass is 31.2. The second-order valence-corrected chi connectivity index (χ2v) is 6.87. The first-order valence-corrected chi connectivity index (χ1v) is 9.05. The van der Waals surface area contributed by atoms with Crippen LogP contribution in [-0.2, 0) is 18.6 Å². The summed E-state index contributed by atoms with van der Waals surface area (Å²) in [5.74, 6) is -0.956. The number of ether oxygens (including phenoxy) is 1. The number of carboxylic acid groups (broad SMARTS) is 1. The Morgan fingerprint density at radius 2 is 2.04 bits per heavy atom. The summed E-state index contributed by atoms with van der Waals surface area (Å²) in [5.41, 5.74) is 0.393. The molecule has 15 heteroatoms. The highest BCUT2D eigenvalue weighted by Gasteiger charge is 2.45. The Hall–Kier alpha value is -2.19. The van der Waals surface area contributed by atoms with Gasteiger partial charge in [0.25, 0.3) is 0 Å².